The van der Waals surface area contributed by atoms with Crippen LogP contribution in [0.5, 0.6) is 0 Å². The van der Waals surface area contributed by atoms with E-state index in [4.69, 9.17) is 0 Å². The number of thioether (sulfide) groups is 1. The molecule has 0 aliphatic rings. The van der Waals surface area contributed by atoms with Crippen LogP contribution in [0.2, 0.25) is 0 Å². The maximum atomic E-state index is 13.4. The van der Waals surface area contributed by atoms with E-state index in [1.807, 2.05) is 24.3 Å². The van der Waals surface area contributed by atoms with Gasteiger partial charge in [0.2, 0.25) is 0 Å². The first-order valence-corrected chi connectivity index (χ1v) is 7.66. The van der Waals surface area contributed by atoms with Gasteiger partial charge in [-0.2, -0.15) is 0 Å². The molecule has 0 bridgehead atoms. The molecule has 0 aliphatic carbocycles. The first-order valence-electron chi connectivity index (χ1n) is 5.89. The average molecular weight is 341 g/mol. The minimum absolute atomic E-state index is 0.273. The summed E-state index contributed by atoms with van der Waals surface area (Å²) in [5.41, 5.74) is 1.21. The van der Waals surface area contributed by atoms with Crippen molar-refractivity contribution in [1.29, 1.82) is 0 Å². The molecule has 2 aromatic carbocycles. The van der Waals surface area contributed by atoms with Gasteiger partial charge in [-0.05, 0) is 48.4 Å². The Balaban J connectivity index is 1.98. The van der Waals surface area contributed by atoms with Gasteiger partial charge in [0.1, 0.15) is 5.82 Å². The third-order valence-corrected chi connectivity index (χ3v) is 4.42. The molecule has 1 nitrogen and oxygen atoms in total. The lowest BCUT2D eigenvalue weighted by molar-refractivity contribution is 0.203. The third kappa shape index (κ3) is 4.06. The lowest BCUT2D eigenvalue weighted by Gasteiger charge is -2.11. The van der Waals surface area contributed by atoms with Crippen molar-refractivity contribution in [3.05, 3.63) is 63.9 Å². The zero-order valence-corrected chi connectivity index (χ0v) is 12.8. The zero-order valence-electron chi connectivity index (χ0n) is 10.4. The van der Waals surface area contributed by atoms with Crippen LogP contribution >= 0.6 is 27.7 Å². The van der Waals surface area contributed by atoms with Crippen LogP contribution in [0, 0.1) is 12.7 Å². The Kier molecular flexibility index (Phi) is 5.02. The molecule has 0 aliphatic heterocycles. The molecule has 2 rings (SSSR count). The first kappa shape index (κ1) is 14.6. The van der Waals surface area contributed by atoms with E-state index in [0.29, 0.717) is 16.9 Å². The second-order valence-corrected chi connectivity index (χ2v) is 6.30. The smallest absolute Gasteiger partial charge is 0.126 e. The van der Waals surface area contributed by atoms with Gasteiger partial charge >= 0.3 is 0 Å². The van der Waals surface area contributed by atoms with Crippen LogP contribution in [0.25, 0.3) is 0 Å². The number of hydrogen-bond donors (Lipinski definition) is 1. The largest absolute Gasteiger partial charge is 0.388 e. The van der Waals surface area contributed by atoms with Gasteiger partial charge in [0.15, 0.2) is 0 Å². The minimum atomic E-state index is -0.663. The van der Waals surface area contributed by atoms with Crippen molar-refractivity contribution in [2.75, 3.05) is 5.75 Å². The fraction of sp³-hybridized carbons (Fsp3) is 0.200. The summed E-state index contributed by atoms with van der Waals surface area (Å²) in [4.78, 5) is 1.08. The van der Waals surface area contributed by atoms with Crippen LogP contribution in [0.1, 0.15) is 17.2 Å². The molecule has 0 saturated carbocycles. The number of aliphatic hydroxyl groups is 1. The van der Waals surface area contributed by atoms with Crippen LogP contribution in [0.15, 0.2) is 51.8 Å². The molecule has 0 saturated heterocycles. The highest BCUT2D eigenvalue weighted by atomic mass is 79.9. The van der Waals surface area contributed by atoms with Gasteiger partial charge in [0.25, 0.3) is 0 Å². The highest BCUT2D eigenvalue weighted by Crippen LogP contribution is 2.26. The molecule has 2 aromatic rings. The highest BCUT2D eigenvalue weighted by molar-refractivity contribution is 9.10. The zero-order chi connectivity index (χ0) is 13.8. The van der Waals surface area contributed by atoms with Gasteiger partial charge in [-0.25, -0.2) is 4.39 Å². The lowest BCUT2D eigenvalue weighted by Crippen LogP contribution is -2.01. The Morgan fingerprint density at radius 3 is 2.53 bits per heavy atom. The SMILES string of the molecule is Cc1ccc(C(O)CSc2ccc(Br)cc2)cc1F. The van der Waals surface area contributed by atoms with Gasteiger partial charge in [-0.3, -0.25) is 0 Å². The van der Waals surface area contributed by atoms with Crippen molar-refractivity contribution < 1.29 is 9.50 Å². The quantitative estimate of drug-likeness (QED) is 0.812. The number of hydrogen-bond acceptors (Lipinski definition) is 2. The fourth-order valence-electron chi connectivity index (χ4n) is 1.62. The Morgan fingerprint density at radius 1 is 1.21 bits per heavy atom. The molecule has 0 radical (unpaired) electrons. The number of benzene rings is 2. The Hall–Kier alpha value is -0.840. The maximum Gasteiger partial charge on any atom is 0.126 e. The monoisotopic (exact) mass is 340 g/mol. The number of rotatable bonds is 4. The van der Waals surface area contributed by atoms with Crippen molar-refractivity contribution in [2.24, 2.45) is 0 Å². The van der Waals surface area contributed by atoms with E-state index in [2.05, 4.69) is 15.9 Å². The molecule has 1 unspecified atom stereocenters. The van der Waals surface area contributed by atoms with Crippen LogP contribution in [-0.4, -0.2) is 10.9 Å². The average Bonchev–Trinajstić information content (AvgIpc) is 2.41. The van der Waals surface area contributed by atoms with Crippen LogP contribution in [0.3, 0.4) is 0 Å². The van der Waals surface area contributed by atoms with Gasteiger partial charge in [-0.15, -0.1) is 11.8 Å². The van der Waals surface area contributed by atoms with E-state index in [0.717, 1.165) is 9.37 Å². The van der Waals surface area contributed by atoms with Crippen LogP contribution in [-0.2, 0) is 0 Å². The molecule has 0 heterocycles. The summed E-state index contributed by atoms with van der Waals surface area (Å²) in [5, 5.41) is 10.1. The van der Waals surface area contributed by atoms with Crippen molar-refractivity contribution >= 4 is 27.7 Å². The molecule has 1 atom stereocenters. The van der Waals surface area contributed by atoms with E-state index in [1.165, 1.54) is 6.07 Å². The predicted octanol–water partition coefficient (Wildman–Crippen LogP) is 4.72. The van der Waals surface area contributed by atoms with Crippen molar-refractivity contribution in [1.82, 2.24) is 0 Å². The Bertz CT molecular complexity index is 557. The molecule has 0 aromatic heterocycles. The van der Waals surface area contributed by atoms with Crippen molar-refractivity contribution in [2.45, 2.75) is 17.9 Å². The van der Waals surface area contributed by atoms with Crippen LogP contribution < -0.4 is 0 Å². The Labute approximate surface area is 125 Å². The second kappa shape index (κ2) is 6.55. The summed E-state index contributed by atoms with van der Waals surface area (Å²) in [5.74, 6) is 0.231. The lowest BCUT2D eigenvalue weighted by atomic mass is 10.1. The molecule has 1 N–H and O–H groups in total. The summed E-state index contributed by atoms with van der Waals surface area (Å²) in [7, 11) is 0. The normalized spacial score (nSPS) is 12.4. The molecular weight excluding hydrogens is 327 g/mol. The summed E-state index contributed by atoms with van der Waals surface area (Å²) >= 11 is 4.93. The van der Waals surface area contributed by atoms with Crippen molar-refractivity contribution in [3.63, 3.8) is 0 Å². The third-order valence-electron chi connectivity index (χ3n) is 2.80. The molecule has 0 spiro atoms. The molecule has 0 fully saturated rings. The minimum Gasteiger partial charge on any atom is -0.388 e. The predicted molar refractivity (Wildman–Crippen MR) is 81.0 cm³/mol. The maximum absolute atomic E-state index is 13.4. The molecule has 0 amide bonds. The molecule has 4 heteroatoms. The van der Waals surface area contributed by atoms with E-state index >= 15 is 0 Å². The first-order chi connectivity index (χ1) is 9.06. The van der Waals surface area contributed by atoms with Gasteiger partial charge < -0.3 is 5.11 Å². The number of aliphatic hydroxyl groups excluding tert-OH is 1. The molecular formula is C15H14BrFOS. The van der Waals surface area contributed by atoms with Crippen molar-refractivity contribution in [3.8, 4) is 0 Å². The fourth-order valence-corrected chi connectivity index (χ4v) is 2.75. The number of halogens is 2. The van der Waals surface area contributed by atoms with Gasteiger partial charge in [0.05, 0.1) is 6.10 Å². The van der Waals surface area contributed by atoms with E-state index in [-0.39, 0.29) is 5.82 Å². The summed E-state index contributed by atoms with van der Waals surface area (Å²) in [6, 6.07) is 12.8. The van der Waals surface area contributed by atoms with Gasteiger partial charge in [-0.1, -0.05) is 28.1 Å². The topological polar surface area (TPSA) is 20.2 Å². The van der Waals surface area contributed by atoms with E-state index in [9.17, 15) is 9.50 Å². The molecule has 19 heavy (non-hydrogen) atoms. The Morgan fingerprint density at radius 2 is 1.89 bits per heavy atom. The van der Waals surface area contributed by atoms with E-state index in [1.54, 1.807) is 30.8 Å². The summed E-state index contributed by atoms with van der Waals surface area (Å²) in [6.07, 6.45) is -0.663. The molecule has 100 valence electrons. The standard InChI is InChI=1S/C15H14BrFOS/c1-10-2-3-11(8-14(10)17)15(18)9-19-13-6-4-12(16)5-7-13/h2-8,15,18H,9H2,1H3. The second-order valence-electron chi connectivity index (χ2n) is 4.29. The van der Waals surface area contributed by atoms with Crippen LogP contribution in [0.4, 0.5) is 4.39 Å². The summed E-state index contributed by atoms with van der Waals surface area (Å²) in [6.45, 7) is 1.71. The van der Waals surface area contributed by atoms with E-state index < -0.39 is 6.10 Å². The summed E-state index contributed by atoms with van der Waals surface area (Å²) < 4.78 is 14.5. The highest BCUT2D eigenvalue weighted by Gasteiger charge is 2.10. The van der Waals surface area contributed by atoms with Gasteiger partial charge in [0, 0.05) is 15.1 Å². The number of aryl methyl sites for hydroxylation is 1.